The van der Waals surface area contributed by atoms with Crippen molar-refractivity contribution >= 4 is 34.5 Å². The quantitative estimate of drug-likeness (QED) is 0.138. The van der Waals surface area contributed by atoms with Gasteiger partial charge in [-0.15, -0.1) is 0 Å². The van der Waals surface area contributed by atoms with Crippen LogP contribution in [-0.2, 0) is 19.1 Å². The van der Waals surface area contributed by atoms with Crippen molar-refractivity contribution in [3.8, 4) is 0 Å². The van der Waals surface area contributed by atoms with Crippen molar-refractivity contribution in [2.24, 2.45) is 0 Å². The Hall–Kier alpha value is -0.630. The van der Waals surface area contributed by atoms with Gasteiger partial charge in [0.1, 0.15) is 6.10 Å². The summed E-state index contributed by atoms with van der Waals surface area (Å²) in [6.07, 6.45) is 13.4. The summed E-state index contributed by atoms with van der Waals surface area (Å²) in [4.78, 5) is 23.3. The lowest BCUT2D eigenvalue weighted by atomic mass is 10.0. The van der Waals surface area contributed by atoms with Crippen molar-refractivity contribution in [2.45, 2.75) is 103 Å². The van der Waals surface area contributed by atoms with Gasteiger partial charge in [0.25, 0.3) is 0 Å². The maximum absolute atomic E-state index is 12.0. The number of cyclic esters (lactones) is 1. The monoisotopic (exact) mass is 494 g/mol. The predicted octanol–water partition coefficient (Wildman–Crippen LogP) is 5.23. The molecular formula is C21H35IO5. The first-order valence-corrected chi connectivity index (χ1v) is 12.0. The number of esters is 2. The second-order valence-corrected chi connectivity index (χ2v) is 8.25. The van der Waals surface area contributed by atoms with E-state index in [0.717, 1.165) is 23.7 Å². The summed E-state index contributed by atoms with van der Waals surface area (Å²) in [7, 11) is 0. The Morgan fingerprint density at radius 3 is 2.22 bits per heavy atom. The smallest absolute Gasteiger partial charge is 0.333 e. The van der Waals surface area contributed by atoms with E-state index in [1.54, 1.807) is 0 Å². The Bertz CT molecular complexity index is 463. The third kappa shape index (κ3) is 11.1. The fourth-order valence-corrected chi connectivity index (χ4v) is 3.59. The van der Waals surface area contributed by atoms with E-state index in [4.69, 9.17) is 9.47 Å². The SMILES string of the molecule is CCCCCCCCCCCCC(OC(=O)CCCI)C1=CC(=O)OC1O. The van der Waals surface area contributed by atoms with Crippen LogP contribution in [0.2, 0.25) is 0 Å². The summed E-state index contributed by atoms with van der Waals surface area (Å²) in [6.45, 7) is 2.23. The highest BCUT2D eigenvalue weighted by Gasteiger charge is 2.32. The highest BCUT2D eigenvalue weighted by molar-refractivity contribution is 14.1. The molecule has 1 rings (SSSR count). The molecule has 0 amide bonds. The van der Waals surface area contributed by atoms with E-state index >= 15 is 0 Å². The second-order valence-electron chi connectivity index (χ2n) is 7.18. The minimum atomic E-state index is -1.29. The average Bonchev–Trinajstić information content (AvgIpc) is 2.98. The molecule has 0 bridgehead atoms. The van der Waals surface area contributed by atoms with Gasteiger partial charge in [-0.2, -0.15) is 0 Å². The molecule has 0 aliphatic carbocycles. The molecule has 2 unspecified atom stereocenters. The fraction of sp³-hybridized carbons (Fsp3) is 0.810. The van der Waals surface area contributed by atoms with Crippen molar-refractivity contribution in [1.82, 2.24) is 0 Å². The lowest BCUT2D eigenvalue weighted by Crippen LogP contribution is -2.26. The Morgan fingerprint density at radius 1 is 1.11 bits per heavy atom. The summed E-state index contributed by atoms with van der Waals surface area (Å²) < 4.78 is 11.2. The number of rotatable bonds is 16. The zero-order valence-corrected chi connectivity index (χ0v) is 18.7. The number of unbranched alkanes of at least 4 members (excludes halogenated alkanes) is 9. The summed E-state index contributed by atoms with van der Waals surface area (Å²) in [5.74, 6) is -0.856. The molecule has 0 aromatic carbocycles. The van der Waals surface area contributed by atoms with E-state index < -0.39 is 18.4 Å². The number of hydrogen-bond acceptors (Lipinski definition) is 5. The second kappa shape index (κ2) is 15.3. The predicted molar refractivity (Wildman–Crippen MR) is 115 cm³/mol. The molecule has 0 fully saturated rings. The zero-order chi connectivity index (χ0) is 19.9. The average molecular weight is 494 g/mol. The van der Waals surface area contributed by atoms with Crippen molar-refractivity contribution in [2.75, 3.05) is 4.43 Å². The summed E-state index contributed by atoms with van der Waals surface area (Å²) in [5.41, 5.74) is 0.374. The number of alkyl halides is 1. The topological polar surface area (TPSA) is 72.8 Å². The zero-order valence-electron chi connectivity index (χ0n) is 16.6. The van der Waals surface area contributed by atoms with Crippen LogP contribution in [-0.4, -0.2) is 33.9 Å². The van der Waals surface area contributed by atoms with Crippen LogP contribution >= 0.6 is 22.6 Å². The highest BCUT2D eigenvalue weighted by Crippen LogP contribution is 2.24. The molecule has 6 heteroatoms. The summed E-state index contributed by atoms with van der Waals surface area (Å²) in [5, 5.41) is 9.88. The Labute approximate surface area is 177 Å². The van der Waals surface area contributed by atoms with Crippen LogP contribution in [0.5, 0.6) is 0 Å². The Morgan fingerprint density at radius 2 is 1.70 bits per heavy atom. The van der Waals surface area contributed by atoms with Crippen LogP contribution in [0.3, 0.4) is 0 Å². The number of carbonyl (C=O) groups is 2. The van der Waals surface area contributed by atoms with Crippen molar-refractivity contribution in [3.63, 3.8) is 0 Å². The fourth-order valence-electron chi connectivity index (χ4n) is 3.21. The number of aliphatic hydroxyl groups is 1. The van der Waals surface area contributed by atoms with Crippen LogP contribution in [0.4, 0.5) is 0 Å². The van der Waals surface area contributed by atoms with Gasteiger partial charge in [-0.05, 0) is 19.3 Å². The van der Waals surface area contributed by atoms with Crippen LogP contribution < -0.4 is 0 Å². The largest absolute Gasteiger partial charge is 0.458 e. The molecule has 5 nitrogen and oxygen atoms in total. The number of aliphatic hydroxyl groups excluding tert-OH is 1. The van der Waals surface area contributed by atoms with Gasteiger partial charge in [0, 0.05) is 22.5 Å². The van der Waals surface area contributed by atoms with Crippen LogP contribution in [0.15, 0.2) is 11.6 Å². The molecule has 0 saturated carbocycles. The van der Waals surface area contributed by atoms with E-state index in [1.807, 2.05) is 0 Å². The van der Waals surface area contributed by atoms with Crippen molar-refractivity contribution < 1.29 is 24.2 Å². The van der Waals surface area contributed by atoms with Crippen LogP contribution in [0.1, 0.15) is 90.4 Å². The maximum atomic E-state index is 12.0. The number of hydrogen-bond donors (Lipinski definition) is 1. The lowest BCUT2D eigenvalue weighted by molar-refractivity contribution is -0.154. The molecular weight excluding hydrogens is 459 g/mol. The molecule has 156 valence electrons. The standard InChI is InChI=1S/C21H35IO5/c1-2-3-4-5-6-7-8-9-10-11-13-18(26-19(23)14-12-15-22)17-16-20(24)27-21(17)25/h16,18,21,25H,2-15H2,1H3. The molecule has 1 heterocycles. The first kappa shape index (κ1) is 24.4. The van der Waals surface area contributed by atoms with Gasteiger partial charge in [-0.1, -0.05) is 87.3 Å². The van der Waals surface area contributed by atoms with Gasteiger partial charge in [-0.3, -0.25) is 4.79 Å². The lowest BCUT2D eigenvalue weighted by Gasteiger charge is -2.20. The van der Waals surface area contributed by atoms with Gasteiger partial charge < -0.3 is 14.6 Å². The van der Waals surface area contributed by atoms with E-state index in [2.05, 4.69) is 29.5 Å². The van der Waals surface area contributed by atoms with E-state index in [0.29, 0.717) is 18.4 Å². The highest BCUT2D eigenvalue weighted by atomic mass is 127. The van der Waals surface area contributed by atoms with E-state index in [-0.39, 0.29) is 5.97 Å². The molecule has 27 heavy (non-hydrogen) atoms. The minimum absolute atomic E-state index is 0.281. The first-order chi connectivity index (χ1) is 13.1. The van der Waals surface area contributed by atoms with E-state index in [9.17, 15) is 14.7 Å². The molecule has 1 N–H and O–H groups in total. The van der Waals surface area contributed by atoms with Gasteiger partial charge >= 0.3 is 11.9 Å². The van der Waals surface area contributed by atoms with Gasteiger partial charge in [0.2, 0.25) is 6.29 Å². The number of halogens is 1. The third-order valence-electron chi connectivity index (χ3n) is 4.78. The molecule has 0 spiro atoms. The summed E-state index contributed by atoms with van der Waals surface area (Å²) in [6, 6.07) is 0. The normalized spacial score (nSPS) is 17.5. The van der Waals surface area contributed by atoms with E-state index in [1.165, 1.54) is 57.4 Å². The minimum Gasteiger partial charge on any atom is -0.458 e. The van der Waals surface area contributed by atoms with Gasteiger partial charge in [0.05, 0.1) is 0 Å². The maximum Gasteiger partial charge on any atom is 0.333 e. The molecule has 0 aromatic heterocycles. The third-order valence-corrected chi connectivity index (χ3v) is 5.54. The Balaban J connectivity index is 2.30. The Kier molecular flexibility index (Phi) is 13.8. The molecule has 2 atom stereocenters. The van der Waals surface area contributed by atoms with Crippen LogP contribution in [0, 0.1) is 0 Å². The van der Waals surface area contributed by atoms with Crippen molar-refractivity contribution in [3.05, 3.63) is 11.6 Å². The molecule has 0 radical (unpaired) electrons. The van der Waals surface area contributed by atoms with Crippen molar-refractivity contribution in [1.29, 1.82) is 0 Å². The summed E-state index contributed by atoms with van der Waals surface area (Å²) >= 11 is 2.22. The molecule has 0 saturated heterocycles. The first-order valence-electron chi connectivity index (χ1n) is 10.4. The molecule has 1 aliphatic rings. The molecule has 0 aromatic rings. The molecule has 1 aliphatic heterocycles. The van der Waals surface area contributed by atoms with Gasteiger partial charge in [0.15, 0.2) is 0 Å². The number of carbonyl (C=O) groups excluding carboxylic acids is 2. The number of ether oxygens (including phenoxy) is 2. The van der Waals surface area contributed by atoms with Gasteiger partial charge in [-0.25, -0.2) is 4.79 Å². The van der Waals surface area contributed by atoms with Crippen LogP contribution in [0.25, 0.3) is 0 Å².